The predicted octanol–water partition coefficient (Wildman–Crippen LogP) is 4.74. The van der Waals surface area contributed by atoms with E-state index in [0.29, 0.717) is 16.8 Å². The van der Waals surface area contributed by atoms with Crippen LogP contribution in [0.1, 0.15) is 26.2 Å². The van der Waals surface area contributed by atoms with Crippen molar-refractivity contribution in [2.24, 2.45) is 0 Å². The number of benzene rings is 2. The first kappa shape index (κ1) is 17.6. The molecule has 25 heavy (non-hydrogen) atoms. The first-order valence-electron chi connectivity index (χ1n) is 8.67. The maximum atomic E-state index is 12.0. The minimum absolute atomic E-state index is 0.0352. The van der Waals surface area contributed by atoms with Crippen LogP contribution in [-0.2, 0) is 4.79 Å². The maximum Gasteiger partial charge on any atom is 0.262 e. The van der Waals surface area contributed by atoms with E-state index in [2.05, 4.69) is 29.3 Å². The molecule has 0 aliphatic carbocycles. The molecule has 1 aliphatic rings. The monoisotopic (exact) mass is 358 g/mol. The van der Waals surface area contributed by atoms with Crippen LogP contribution in [0.4, 0.5) is 11.4 Å². The van der Waals surface area contributed by atoms with Gasteiger partial charge in [-0.25, -0.2) is 0 Å². The Morgan fingerprint density at radius 2 is 1.88 bits per heavy atom. The van der Waals surface area contributed by atoms with Crippen molar-refractivity contribution in [2.75, 3.05) is 23.4 Å². The average Bonchev–Trinajstić information content (AvgIpc) is 2.62. The van der Waals surface area contributed by atoms with Crippen molar-refractivity contribution in [1.29, 1.82) is 0 Å². The molecule has 0 spiro atoms. The van der Waals surface area contributed by atoms with Crippen molar-refractivity contribution in [2.45, 2.75) is 32.2 Å². The number of nitrogens with one attached hydrogen (secondary N) is 1. The van der Waals surface area contributed by atoms with Gasteiger partial charge in [-0.2, -0.15) is 0 Å². The largest absolute Gasteiger partial charge is 0.484 e. The van der Waals surface area contributed by atoms with Gasteiger partial charge in [0.25, 0.3) is 5.91 Å². The number of nitrogens with zero attached hydrogens (tertiary/aromatic N) is 1. The molecule has 1 N–H and O–H groups in total. The topological polar surface area (TPSA) is 41.6 Å². The molecule has 1 amide bonds. The van der Waals surface area contributed by atoms with Gasteiger partial charge in [0.05, 0.1) is 0 Å². The van der Waals surface area contributed by atoms with Crippen LogP contribution in [0.3, 0.4) is 0 Å². The fourth-order valence-electron chi connectivity index (χ4n) is 3.09. The van der Waals surface area contributed by atoms with Gasteiger partial charge in [-0.15, -0.1) is 0 Å². The Hall–Kier alpha value is -2.20. The third kappa shape index (κ3) is 4.89. The molecule has 1 fully saturated rings. The molecule has 0 radical (unpaired) electrons. The number of hydrogen-bond acceptors (Lipinski definition) is 3. The van der Waals surface area contributed by atoms with Gasteiger partial charge in [0.15, 0.2) is 6.61 Å². The average molecular weight is 359 g/mol. The van der Waals surface area contributed by atoms with Crippen LogP contribution in [0.2, 0.25) is 5.02 Å². The molecule has 2 aromatic rings. The molecule has 0 saturated carbocycles. The molecule has 1 saturated heterocycles. The second kappa shape index (κ2) is 8.26. The second-order valence-electron chi connectivity index (χ2n) is 6.38. The Bertz CT molecular complexity index is 701. The van der Waals surface area contributed by atoms with Crippen LogP contribution in [0.5, 0.6) is 5.75 Å². The van der Waals surface area contributed by atoms with Crippen LogP contribution >= 0.6 is 11.6 Å². The van der Waals surface area contributed by atoms with Crippen molar-refractivity contribution in [1.82, 2.24) is 0 Å². The molecular formula is C20H23ClN2O2. The lowest BCUT2D eigenvalue weighted by atomic mass is 10.0. The summed E-state index contributed by atoms with van der Waals surface area (Å²) in [7, 11) is 0. The lowest BCUT2D eigenvalue weighted by Crippen LogP contribution is -2.37. The van der Waals surface area contributed by atoms with Crippen LogP contribution in [0.25, 0.3) is 0 Å². The van der Waals surface area contributed by atoms with E-state index < -0.39 is 0 Å². The van der Waals surface area contributed by atoms with Crippen molar-refractivity contribution < 1.29 is 9.53 Å². The highest BCUT2D eigenvalue weighted by Gasteiger charge is 2.18. The number of rotatable bonds is 5. The first-order valence-corrected chi connectivity index (χ1v) is 9.04. The van der Waals surface area contributed by atoms with Crippen LogP contribution in [0.15, 0.2) is 48.5 Å². The van der Waals surface area contributed by atoms with Crippen molar-refractivity contribution in [3.63, 3.8) is 0 Å². The number of amides is 1. The van der Waals surface area contributed by atoms with Gasteiger partial charge in [-0.3, -0.25) is 4.79 Å². The van der Waals surface area contributed by atoms with E-state index in [-0.39, 0.29) is 12.5 Å². The molecule has 3 rings (SSSR count). The molecule has 1 atom stereocenters. The van der Waals surface area contributed by atoms with Gasteiger partial charge in [-0.1, -0.05) is 11.6 Å². The fraction of sp³-hybridized carbons (Fsp3) is 0.350. The number of carbonyl (C=O) groups is 1. The van der Waals surface area contributed by atoms with Crippen molar-refractivity contribution >= 4 is 28.9 Å². The van der Waals surface area contributed by atoms with Crippen molar-refractivity contribution in [3.8, 4) is 5.75 Å². The molecule has 2 aromatic carbocycles. The Labute approximate surface area is 153 Å². The third-order valence-corrected chi connectivity index (χ3v) is 4.72. The van der Waals surface area contributed by atoms with E-state index in [1.165, 1.54) is 24.9 Å². The van der Waals surface area contributed by atoms with Gasteiger partial charge in [0.2, 0.25) is 0 Å². The number of hydrogen-bond donors (Lipinski definition) is 1. The summed E-state index contributed by atoms with van der Waals surface area (Å²) >= 11 is 5.82. The molecule has 0 bridgehead atoms. The van der Waals surface area contributed by atoms with Gasteiger partial charge in [0.1, 0.15) is 5.75 Å². The number of anilines is 2. The van der Waals surface area contributed by atoms with E-state index in [1.807, 2.05) is 12.1 Å². The number of piperidine rings is 1. The summed E-state index contributed by atoms with van der Waals surface area (Å²) < 4.78 is 5.45. The molecule has 4 nitrogen and oxygen atoms in total. The van der Waals surface area contributed by atoms with E-state index in [9.17, 15) is 4.79 Å². The van der Waals surface area contributed by atoms with Crippen LogP contribution < -0.4 is 15.0 Å². The van der Waals surface area contributed by atoms with Gasteiger partial charge in [-0.05, 0) is 74.7 Å². The highest BCUT2D eigenvalue weighted by atomic mass is 35.5. The fourth-order valence-corrected chi connectivity index (χ4v) is 3.22. The Balaban J connectivity index is 1.52. The normalized spacial score (nSPS) is 17.2. The molecule has 1 unspecified atom stereocenters. The zero-order valence-electron chi connectivity index (χ0n) is 14.4. The number of ether oxygens (including phenoxy) is 1. The molecule has 1 aliphatic heterocycles. The third-order valence-electron chi connectivity index (χ3n) is 4.47. The predicted molar refractivity (Wildman–Crippen MR) is 103 cm³/mol. The minimum Gasteiger partial charge on any atom is -0.484 e. The highest BCUT2D eigenvalue weighted by molar-refractivity contribution is 6.30. The molecule has 1 heterocycles. The summed E-state index contributed by atoms with van der Waals surface area (Å²) in [5.41, 5.74) is 1.99. The van der Waals surface area contributed by atoms with Gasteiger partial charge in [0, 0.05) is 29.0 Å². The zero-order chi connectivity index (χ0) is 17.6. The van der Waals surface area contributed by atoms with E-state index in [1.54, 1.807) is 24.3 Å². The molecule has 0 aromatic heterocycles. The summed E-state index contributed by atoms with van der Waals surface area (Å²) in [6.45, 7) is 3.33. The minimum atomic E-state index is -0.186. The molecule has 132 valence electrons. The van der Waals surface area contributed by atoms with Gasteiger partial charge < -0.3 is 15.0 Å². The summed E-state index contributed by atoms with van der Waals surface area (Å²) in [5.74, 6) is 0.433. The first-order chi connectivity index (χ1) is 12.1. The lowest BCUT2D eigenvalue weighted by Gasteiger charge is -2.35. The Morgan fingerprint density at radius 3 is 2.56 bits per heavy atom. The number of carbonyl (C=O) groups excluding carboxylic acids is 1. The van der Waals surface area contributed by atoms with Gasteiger partial charge >= 0.3 is 0 Å². The standard InChI is InChI=1S/C20H23ClN2O2/c1-15-4-2-3-13-23(15)18-9-7-17(8-10-18)22-20(24)14-25-19-11-5-16(21)6-12-19/h5-12,15H,2-4,13-14H2,1H3,(H,22,24). The van der Waals surface area contributed by atoms with Crippen molar-refractivity contribution in [3.05, 3.63) is 53.6 Å². The quantitative estimate of drug-likeness (QED) is 0.839. The Kier molecular flexibility index (Phi) is 5.82. The zero-order valence-corrected chi connectivity index (χ0v) is 15.1. The summed E-state index contributed by atoms with van der Waals surface area (Å²) in [6.07, 6.45) is 3.78. The van der Waals surface area contributed by atoms with E-state index in [0.717, 1.165) is 12.2 Å². The van der Waals surface area contributed by atoms with E-state index >= 15 is 0 Å². The number of halogens is 1. The smallest absolute Gasteiger partial charge is 0.262 e. The second-order valence-corrected chi connectivity index (χ2v) is 6.81. The SMILES string of the molecule is CC1CCCCN1c1ccc(NC(=O)COc2ccc(Cl)cc2)cc1. The van der Waals surface area contributed by atoms with Crippen LogP contribution in [-0.4, -0.2) is 25.1 Å². The Morgan fingerprint density at radius 1 is 1.16 bits per heavy atom. The highest BCUT2D eigenvalue weighted by Crippen LogP contribution is 2.25. The summed E-state index contributed by atoms with van der Waals surface area (Å²) in [6, 6.07) is 15.5. The van der Waals surface area contributed by atoms with Crippen LogP contribution in [0, 0.1) is 0 Å². The summed E-state index contributed by atoms with van der Waals surface area (Å²) in [5, 5.41) is 3.50. The molecular weight excluding hydrogens is 336 g/mol. The van der Waals surface area contributed by atoms with E-state index in [4.69, 9.17) is 16.3 Å². The molecule has 5 heteroatoms. The lowest BCUT2D eigenvalue weighted by molar-refractivity contribution is -0.118. The maximum absolute atomic E-state index is 12.0. The summed E-state index contributed by atoms with van der Waals surface area (Å²) in [4.78, 5) is 14.4.